The first-order valence-electron chi connectivity index (χ1n) is 11.9. The summed E-state index contributed by atoms with van der Waals surface area (Å²) in [7, 11) is 3.25. The summed E-state index contributed by atoms with van der Waals surface area (Å²) in [4.78, 5) is 15.7. The topological polar surface area (TPSA) is 57.2 Å². The number of benzene rings is 3. The third-order valence-electron chi connectivity index (χ3n) is 6.28. The van der Waals surface area contributed by atoms with Crippen LogP contribution in [0.4, 0.5) is 0 Å². The molecule has 1 atom stereocenters. The van der Waals surface area contributed by atoms with E-state index in [4.69, 9.17) is 18.9 Å². The van der Waals surface area contributed by atoms with E-state index in [2.05, 4.69) is 6.07 Å². The van der Waals surface area contributed by atoms with Crippen LogP contribution in [0, 0.1) is 13.8 Å². The zero-order valence-electron chi connectivity index (χ0n) is 21.1. The van der Waals surface area contributed by atoms with E-state index in [0.29, 0.717) is 49.0 Å². The van der Waals surface area contributed by atoms with Crippen LogP contribution in [0.2, 0.25) is 0 Å². The first-order chi connectivity index (χ1) is 16.9. The Morgan fingerprint density at radius 1 is 0.914 bits per heavy atom. The molecule has 6 heteroatoms. The van der Waals surface area contributed by atoms with Crippen LogP contribution in [0.25, 0.3) is 0 Å². The number of fused-ring (bicyclic) bond motifs is 1. The molecule has 1 heterocycles. The summed E-state index contributed by atoms with van der Waals surface area (Å²) in [6.07, 6.45) is 0.707. The van der Waals surface area contributed by atoms with Gasteiger partial charge in [-0.25, -0.2) is 0 Å². The molecule has 0 aliphatic carbocycles. The summed E-state index contributed by atoms with van der Waals surface area (Å²) >= 11 is 0. The molecule has 6 nitrogen and oxygen atoms in total. The second-order valence-corrected chi connectivity index (χ2v) is 8.73. The standard InChI is InChI=1S/C29H33NO5/c1-6-34-26-10-8-7-9-23(26)29(31)30-12-11-21-16-27(32-4)28(33-5)17-24(21)25(30)18-35-22-14-19(2)13-20(3)15-22/h7-10,13-17,25H,6,11-12,18H2,1-5H3. The first-order valence-corrected chi connectivity index (χ1v) is 11.9. The fourth-order valence-electron chi connectivity index (χ4n) is 4.72. The van der Waals surface area contributed by atoms with E-state index in [1.165, 1.54) is 0 Å². The molecule has 0 saturated heterocycles. The largest absolute Gasteiger partial charge is 0.493 e. The number of para-hydroxylation sites is 1. The Morgan fingerprint density at radius 2 is 1.60 bits per heavy atom. The number of carbonyl (C=O) groups excluding carboxylic acids is 1. The molecule has 0 spiro atoms. The summed E-state index contributed by atoms with van der Waals surface area (Å²) in [5, 5.41) is 0. The zero-order valence-corrected chi connectivity index (χ0v) is 21.1. The van der Waals surface area contributed by atoms with Gasteiger partial charge in [0.05, 0.1) is 32.4 Å². The number of aryl methyl sites for hydroxylation is 2. The summed E-state index contributed by atoms with van der Waals surface area (Å²) < 4.78 is 23.2. The van der Waals surface area contributed by atoms with Gasteiger partial charge in [-0.1, -0.05) is 18.2 Å². The number of hydrogen-bond acceptors (Lipinski definition) is 5. The second kappa shape index (κ2) is 10.7. The van der Waals surface area contributed by atoms with E-state index >= 15 is 0 Å². The van der Waals surface area contributed by atoms with Crippen molar-refractivity contribution < 1.29 is 23.7 Å². The molecular formula is C29H33NO5. The van der Waals surface area contributed by atoms with Gasteiger partial charge in [0.15, 0.2) is 11.5 Å². The van der Waals surface area contributed by atoms with E-state index in [1.807, 2.05) is 74.2 Å². The minimum Gasteiger partial charge on any atom is -0.493 e. The summed E-state index contributed by atoms with van der Waals surface area (Å²) in [6, 6.07) is 17.2. The van der Waals surface area contributed by atoms with Crippen molar-refractivity contribution in [1.82, 2.24) is 4.90 Å². The maximum absolute atomic E-state index is 13.8. The molecule has 35 heavy (non-hydrogen) atoms. The minimum absolute atomic E-state index is 0.0801. The lowest BCUT2D eigenvalue weighted by molar-refractivity contribution is 0.0585. The van der Waals surface area contributed by atoms with Gasteiger partial charge in [0.2, 0.25) is 0 Å². The predicted octanol–water partition coefficient (Wildman–Crippen LogP) is 5.54. The lowest BCUT2D eigenvalue weighted by atomic mass is 9.91. The van der Waals surface area contributed by atoms with Crippen molar-refractivity contribution >= 4 is 5.91 Å². The normalized spacial score (nSPS) is 14.8. The van der Waals surface area contributed by atoms with Crippen LogP contribution in [-0.2, 0) is 6.42 Å². The third kappa shape index (κ3) is 5.21. The maximum Gasteiger partial charge on any atom is 0.258 e. The van der Waals surface area contributed by atoms with Crippen molar-refractivity contribution in [3.05, 3.63) is 82.4 Å². The molecule has 3 aromatic rings. The van der Waals surface area contributed by atoms with Crippen LogP contribution < -0.4 is 18.9 Å². The smallest absolute Gasteiger partial charge is 0.258 e. The van der Waals surface area contributed by atoms with Gasteiger partial charge in [0.25, 0.3) is 5.91 Å². The van der Waals surface area contributed by atoms with Crippen molar-refractivity contribution in [2.75, 3.05) is 34.0 Å². The molecule has 0 bridgehead atoms. The fourth-order valence-corrected chi connectivity index (χ4v) is 4.72. The maximum atomic E-state index is 13.8. The zero-order chi connectivity index (χ0) is 24.9. The van der Waals surface area contributed by atoms with Crippen molar-refractivity contribution in [2.45, 2.75) is 33.2 Å². The van der Waals surface area contributed by atoms with Gasteiger partial charge in [-0.05, 0) is 85.8 Å². The molecule has 1 aliphatic heterocycles. The Kier molecular flexibility index (Phi) is 7.49. The Bertz CT molecular complexity index is 1190. The quantitative estimate of drug-likeness (QED) is 0.428. The number of hydrogen-bond donors (Lipinski definition) is 0. The van der Waals surface area contributed by atoms with E-state index in [9.17, 15) is 4.79 Å². The van der Waals surface area contributed by atoms with E-state index in [-0.39, 0.29) is 11.9 Å². The number of carbonyl (C=O) groups is 1. The molecule has 3 aromatic carbocycles. The molecule has 0 N–H and O–H groups in total. The van der Waals surface area contributed by atoms with Gasteiger partial charge >= 0.3 is 0 Å². The number of nitrogens with zero attached hydrogens (tertiary/aromatic N) is 1. The van der Waals surface area contributed by atoms with Crippen molar-refractivity contribution in [3.8, 4) is 23.0 Å². The highest BCUT2D eigenvalue weighted by atomic mass is 16.5. The third-order valence-corrected chi connectivity index (χ3v) is 6.28. The average Bonchev–Trinajstić information content (AvgIpc) is 2.85. The molecule has 0 radical (unpaired) electrons. The van der Waals surface area contributed by atoms with Gasteiger partial charge in [0, 0.05) is 6.54 Å². The van der Waals surface area contributed by atoms with Gasteiger partial charge in [-0.15, -0.1) is 0 Å². The summed E-state index contributed by atoms with van der Waals surface area (Å²) in [6.45, 7) is 7.37. The minimum atomic E-state index is -0.304. The first kappa shape index (κ1) is 24.5. The van der Waals surface area contributed by atoms with Crippen molar-refractivity contribution in [3.63, 3.8) is 0 Å². The highest BCUT2D eigenvalue weighted by molar-refractivity contribution is 5.97. The fraction of sp³-hybridized carbons (Fsp3) is 0.345. The van der Waals surface area contributed by atoms with Crippen LogP contribution in [0.15, 0.2) is 54.6 Å². The van der Waals surface area contributed by atoms with Crippen LogP contribution in [0.1, 0.15) is 45.6 Å². The molecular weight excluding hydrogens is 442 g/mol. The van der Waals surface area contributed by atoms with Crippen molar-refractivity contribution in [1.29, 1.82) is 0 Å². The average molecular weight is 476 g/mol. The summed E-state index contributed by atoms with van der Waals surface area (Å²) in [5.41, 5.74) is 4.94. The van der Waals surface area contributed by atoms with Crippen LogP contribution in [0.3, 0.4) is 0 Å². The highest BCUT2D eigenvalue weighted by Gasteiger charge is 2.34. The van der Waals surface area contributed by atoms with Crippen molar-refractivity contribution in [2.24, 2.45) is 0 Å². The van der Waals surface area contributed by atoms with Gasteiger partial charge in [0.1, 0.15) is 18.1 Å². The number of ether oxygens (including phenoxy) is 4. The van der Waals surface area contributed by atoms with Gasteiger partial charge in [-0.2, -0.15) is 0 Å². The predicted molar refractivity (Wildman–Crippen MR) is 136 cm³/mol. The summed E-state index contributed by atoms with van der Waals surface area (Å²) in [5.74, 6) is 2.61. The SMILES string of the molecule is CCOc1ccccc1C(=O)N1CCc2cc(OC)c(OC)cc2C1COc1cc(C)cc(C)c1. The second-order valence-electron chi connectivity index (χ2n) is 8.73. The Morgan fingerprint density at radius 3 is 2.29 bits per heavy atom. The lowest BCUT2D eigenvalue weighted by Gasteiger charge is -2.38. The molecule has 1 aliphatic rings. The molecule has 0 aromatic heterocycles. The van der Waals surface area contributed by atoms with Gasteiger partial charge < -0.3 is 23.8 Å². The molecule has 1 unspecified atom stereocenters. The van der Waals surface area contributed by atoms with Crippen LogP contribution in [-0.4, -0.2) is 44.8 Å². The molecule has 4 rings (SSSR count). The number of rotatable bonds is 8. The Hall–Kier alpha value is -3.67. The van der Waals surface area contributed by atoms with Gasteiger partial charge in [-0.3, -0.25) is 4.79 Å². The Balaban J connectivity index is 1.73. The molecule has 1 amide bonds. The number of amides is 1. The van der Waals surface area contributed by atoms with E-state index in [0.717, 1.165) is 28.0 Å². The molecule has 0 fully saturated rings. The lowest BCUT2D eigenvalue weighted by Crippen LogP contribution is -2.42. The Labute approximate surface area is 207 Å². The van der Waals surface area contributed by atoms with E-state index < -0.39 is 0 Å². The molecule has 184 valence electrons. The van der Waals surface area contributed by atoms with Crippen LogP contribution in [0.5, 0.6) is 23.0 Å². The number of methoxy groups -OCH3 is 2. The highest BCUT2D eigenvalue weighted by Crippen LogP contribution is 2.39. The van der Waals surface area contributed by atoms with Crippen LogP contribution >= 0.6 is 0 Å². The van der Waals surface area contributed by atoms with E-state index in [1.54, 1.807) is 14.2 Å². The molecule has 0 saturated carbocycles. The monoisotopic (exact) mass is 475 g/mol.